The highest BCUT2D eigenvalue weighted by Gasteiger charge is 2.51. The molecule has 0 saturated heterocycles. The Morgan fingerprint density at radius 1 is 0.754 bits per heavy atom. The van der Waals surface area contributed by atoms with E-state index in [0.717, 1.165) is 21.5 Å². The highest BCUT2D eigenvalue weighted by atomic mass is 32.2. The number of rotatable bonds is 23. The third kappa shape index (κ3) is 12.8. The molecule has 5 aromatic rings. The maximum absolute atomic E-state index is 16.5. The van der Waals surface area contributed by atoms with Crippen molar-refractivity contribution in [1.82, 2.24) is 9.62 Å². The number of benzene rings is 5. The zero-order chi connectivity index (χ0) is 47.2. The number of alkyl halides is 1. The lowest BCUT2D eigenvalue weighted by Crippen LogP contribution is -2.67. The molecule has 0 aliphatic rings. The lowest BCUT2D eigenvalue weighted by atomic mass is 9.82. The van der Waals surface area contributed by atoms with Crippen molar-refractivity contribution in [3.63, 3.8) is 0 Å². The Morgan fingerprint density at radius 2 is 1.25 bits per heavy atom. The van der Waals surface area contributed by atoms with Crippen LogP contribution in [0.15, 0.2) is 150 Å². The number of nitrogens with one attached hydrogen (secondary N) is 1. The van der Waals surface area contributed by atoms with E-state index in [2.05, 4.69) is 26.1 Å². The Hall–Kier alpha value is -5.54. The van der Waals surface area contributed by atoms with E-state index < -0.39 is 58.6 Å². The Balaban J connectivity index is 1.50. The van der Waals surface area contributed by atoms with Crippen molar-refractivity contribution in [3.8, 4) is 0 Å². The van der Waals surface area contributed by atoms with Crippen LogP contribution in [0.1, 0.15) is 83.8 Å². The third-order valence-electron chi connectivity index (χ3n) is 11.9. The molecule has 0 aromatic heterocycles. The molecular formula is C51H62FN3O8SSi. The summed E-state index contributed by atoms with van der Waals surface area (Å²) in [6.07, 6.45) is -2.31. The summed E-state index contributed by atoms with van der Waals surface area (Å²) in [5, 5.41) is 15.8. The van der Waals surface area contributed by atoms with Gasteiger partial charge >= 0.3 is 6.09 Å². The van der Waals surface area contributed by atoms with Gasteiger partial charge in [0.25, 0.3) is 14.0 Å². The summed E-state index contributed by atoms with van der Waals surface area (Å²) < 4.78 is 59.8. The first kappa shape index (κ1) is 50.5. The Kier molecular flexibility index (Phi) is 17.9. The van der Waals surface area contributed by atoms with Crippen LogP contribution in [0.4, 0.5) is 14.9 Å². The monoisotopic (exact) mass is 923 g/mol. The van der Waals surface area contributed by atoms with Crippen molar-refractivity contribution in [2.24, 2.45) is 5.92 Å². The largest absolute Gasteiger partial charge is 0.453 e. The fourth-order valence-electron chi connectivity index (χ4n) is 8.46. The molecule has 3 atom stereocenters. The summed E-state index contributed by atoms with van der Waals surface area (Å²) in [5.74, 6) is -0.879. The molecule has 0 heterocycles. The van der Waals surface area contributed by atoms with Gasteiger partial charge in [-0.05, 0) is 70.3 Å². The predicted molar refractivity (Wildman–Crippen MR) is 256 cm³/mol. The molecule has 0 bridgehead atoms. The van der Waals surface area contributed by atoms with Gasteiger partial charge in [0.2, 0.25) is 10.0 Å². The lowest BCUT2D eigenvalue weighted by molar-refractivity contribution is -0.384. The highest BCUT2D eigenvalue weighted by Crippen LogP contribution is 2.38. The number of sulfonamides is 1. The molecule has 0 fully saturated rings. The Morgan fingerprint density at radius 3 is 1.69 bits per heavy atom. The maximum Gasteiger partial charge on any atom is 0.407 e. The number of alkyl carbamates (subject to hydrolysis) is 1. The van der Waals surface area contributed by atoms with E-state index in [4.69, 9.17) is 9.16 Å². The van der Waals surface area contributed by atoms with Gasteiger partial charge in [0.15, 0.2) is 5.78 Å². The normalized spacial score (nSPS) is 13.6. The first-order valence-electron chi connectivity index (χ1n) is 22.1. The molecule has 1 unspecified atom stereocenters. The summed E-state index contributed by atoms with van der Waals surface area (Å²) >= 11 is 0. The van der Waals surface area contributed by atoms with E-state index in [1.165, 1.54) is 35.7 Å². The first-order chi connectivity index (χ1) is 31.0. The van der Waals surface area contributed by atoms with Gasteiger partial charge < -0.3 is 14.5 Å². The van der Waals surface area contributed by atoms with Crippen LogP contribution in [-0.2, 0) is 24.0 Å². The van der Waals surface area contributed by atoms with Gasteiger partial charge in [-0.25, -0.2) is 17.6 Å². The van der Waals surface area contributed by atoms with E-state index in [1.54, 1.807) is 0 Å². The van der Waals surface area contributed by atoms with Crippen molar-refractivity contribution < 1.29 is 36.5 Å². The molecular weight excluding hydrogens is 862 g/mol. The zero-order valence-electron chi connectivity index (χ0n) is 38.1. The van der Waals surface area contributed by atoms with E-state index >= 15 is 4.39 Å². The minimum absolute atomic E-state index is 0.0400. The van der Waals surface area contributed by atoms with Gasteiger partial charge in [-0.2, -0.15) is 4.31 Å². The number of ketones is 1. The second-order valence-electron chi connectivity index (χ2n) is 17.8. The number of nitro groups is 1. The van der Waals surface area contributed by atoms with Gasteiger partial charge in [-0.15, -0.1) is 0 Å². The number of non-ortho nitro benzene ring substituents is 1. The molecule has 11 nitrogen and oxygen atoms in total. The highest BCUT2D eigenvalue weighted by molar-refractivity contribution is 7.89. The number of ether oxygens (including phenoxy) is 1. The zero-order valence-corrected chi connectivity index (χ0v) is 40.0. The van der Waals surface area contributed by atoms with E-state index in [1.807, 2.05) is 135 Å². The third-order valence-corrected chi connectivity index (χ3v) is 18.8. The van der Waals surface area contributed by atoms with E-state index in [9.17, 15) is 28.1 Å². The molecule has 1 N–H and O–H groups in total. The van der Waals surface area contributed by atoms with Crippen LogP contribution in [0.3, 0.4) is 0 Å². The van der Waals surface area contributed by atoms with Crippen LogP contribution in [0.5, 0.6) is 0 Å². The van der Waals surface area contributed by atoms with Crippen LogP contribution in [-0.4, -0.2) is 76.4 Å². The number of methoxy groups -OCH3 is 1. The van der Waals surface area contributed by atoms with Gasteiger partial charge in [0.1, 0.15) is 12.2 Å². The Bertz CT molecular complexity index is 2310. The minimum Gasteiger partial charge on any atom is -0.453 e. The summed E-state index contributed by atoms with van der Waals surface area (Å²) in [5.41, 5.74) is 1.32. The number of carbonyl (C=O) groups excluding carboxylic acids is 2. The number of amides is 1. The number of nitro benzene ring substituents is 1. The summed E-state index contributed by atoms with van der Waals surface area (Å²) in [6.45, 7) is 10.3. The summed E-state index contributed by atoms with van der Waals surface area (Å²) in [4.78, 5) is 37.8. The average Bonchev–Trinajstić information content (AvgIpc) is 3.30. The fourth-order valence-corrected chi connectivity index (χ4v) is 14.7. The standard InChI is InChI=1S/C51H62FN3O8SSi/c1-38(2)35-36-54(64(60,61)44-32-30-42(31-33-44)55(58)59)43(37-63-65(51(3,4)5,45-23-15-9-16-24-45)46-25-17-10-18-26-46)29-27-41(52)28-34-47(56)49(53-50(57)62-6)48(39-19-11-7-12-20-39)40-21-13-8-14-22-40/h7-26,30-33,38,41,43,48-49H,27-29,34-37H2,1-6H3,(H,53,57)/t41?,43-,49+/m0/s1. The smallest absolute Gasteiger partial charge is 0.407 e. The second-order valence-corrected chi connectivity index (χ2v) is 24.0. The fraction of sp³-hybridized carbons (Fsp3) is 0.373. The topological polar surface area (TPSA) is 145 Å². The van der Waals surface area contributed by atoms with Crippen molar-refractivity contribution >= 4 is 46.3 Å². The number of nitrogens with zero attached hydrogens (tertiary/aromatic N) is 2. The molecule has 0 radical (unpaired) electrons. The predicted octanol–water partition coefficient (Wildman–Crippen LogP) is 9.60. The number of Topliss-reactive ketones (excluding diaryl/α,β-unsaturated/α-hetero) is 1. The average molecular weight is 924 g/mol. The van der Waals surface area contributed by atoms with E-state index in [0.29, 0.717) is 6.42 Å². The number of halogens is 1. The first-order valence-corrected chi connectivity index (χ1v) is 25.5. The van der Waals surface area contributed by atoms with Crippen LogP contribution in [0.2, 0.25) is 5.04 Å². The molecule has 65 heavy (non-hydrogen) atoms. The minimum atomic E-state index is -4.31. The van der Waals surface area contributed by atoms with Crippen molar-refractivity contribution in [1.29, 1.82) is 0 Å². The molecule has 5 aromatic carbocycles. The van der Waals surface area contributed by atoms with Crippen molar-refractivity contribution in [2.75, 3.05) is 20.3 Å². The van der Waals surface area contributed by atoms with Crippen LogP contribution >= 0.6 is 0 Å². The molecule has 14 heteroatoms. The number of hydrogen-bond acceptors (Lipinski definition) is 8. The second kappa shape index (κ2) is 23.1. The molecule has 0 aliphatic carbocycles. The Labute approximate surface area is 384 Å². The number of hydrogen-bond donors (Lipinski definition) is 1. The molecule has 0 aliphatic heterocycles. The molecule has 0 spiro atoms. The lowest BCUT2D eigenvalue weighted by Gasteiger charge is -2.44. The van der Waals surface area contributed by atoms with Gasteiger partial charge in [-0.3, -0.25) is 14.9 Å². The molecule has 1 amide bonds. The molecule has 5 rings (SSSR count). The van der Waals surface area contributed by atoms with Gasteiger partial charge in [-0.1, -0.05) is 156 Å². The van der Waals surface area contributed by atoms with Gasteiger partial charge in [0, 0.05) is 37.1 Å². The SMILES string of the molecule is COC(=O)N[C@H](C(=O)CCC(F)CC[C@@H](CO[Si](c1ccccc1)(c1ccccc1)C(C)(C)C)N(CCC(C)C)S(=O)(=O)c1ccc([N+](=O)[O-])cc1)C(c1ccccc1)c1ccccc1. The molecule has 0 saturated carbocycles. The number of carbonyl (C=O) groups is 2. The summed E-state index contributed by atoms with van der Waals surface area (Å²) in [6, 6.07) is 41.3. The van der Waals surface area contributed by atoms with Crippen LogP contribution < -0.4 is 15.7 Å². The van der Waals surface area contributed by atoms with E-state index in [-0.39, 0.29) is 61.1 Å². The quantitative estimate of drug-likeness (QED) is 0.0388. The van der Waals surface area contributed by atoms with Crippen molar-refractivity contribution in [2.45, 2.75) is 101 Å². The van der Waals surface area contributed by atoms with Crippen LogP contribution in [0, 0.1) is 16.0 Å². The van der Waals surface area contributed by atoms with Crippen LogP contribution in [0.25, 0.3) is 0 Å². The van der Waals surface area contributed by atoms with Crippen molar-refractivity contribution in [3.05, 3.63) is 167 Å². The molecule has 346 valence electrons. The summed E-state index contributed by atoms with van der Waals surface area (Å²) in [7, 11) is -6.32. The maximum atomic E-state index is 16.5. The van der Waals surface area contributed by atoms with Gasteiger partial charge in [0.05, 0.1) is 23.5 Å².